The molecule has 0 saturated heterocycles. The van der Waals surface area contributed by atoms with Gasteiger partial charge in [0, 0.05) is 20.6 Å². The number of anilines is 1. The number of aryl methyl sites for hydroxylation is 1. The van der Waals surface area contributed by atoms with Crippen molar-refractivity contribution in [3.63, 3.8) is 0 Å². The summed E-state index contributed by atoms with van der Waals surface area (Å²) in [5.74, 6) is 0. The van der Waals surface area contributed by atoms with E-state index in [2.05, 4.69) is 62.2 Å². The summed E-state index contributed by atoms with van der Waals surface area (Å²) in [6.45, 7) is 5.42. The third-order valence-corrected chi connectivity index (χ3v) is 2.31. The second kappa shape index (κ2) is 5.01. The van der Waals surface area contributed by atoms with E-state index in [0.29, 0.717) is 0 Å². The highest BCUT2D eigenvalue weighted by Crippen LogP contribution is 2.19. The molecule has 0 heterocycles. The van der Waals surface area contributed by atoms with E-state index in [1.807, 2.05) is 0 Å². The summed E-state index contributed by atoms with van der Waals surface area (Å²) in [4.78, 5) is 0. The second-order valence-corrected chi connectivity index (χ2v) is 3.76. The van der Waals surface area contributed by atoms with Crippen LogP contribution in [0.2, 0.25) is 0 Å². The zero-order valence-corrected chi connectivity index (χ0v) is 9.62. The van der Waals surface area contributed by atoms with Crippen LogP contribution in [0.5, 0.6) is 0 Å². The summed E-state index contributed by atoms with van der Waals surface area (Å²) in [6, 6.07) is 8.50. The van der Waals surface area contributed by atoms with Crippen LogP contribution < -0.4 is 5.01 Å². The van der Waals surface area contributed by atoms with E-state index in [9.17, 15) is 0 Å². The normalized spacial score (nSPS) is 10.6. The lowest BCUT2D eigenvalue weighted by Crippen LogP contribution is -2.37. The van der Waals surface area contributed by atoms with E-state index < -0.39 is 0 Å². The number of rotatable bonds is 4. The highest BCUT2D eigenvalue weighted by molar-refractivity contribution is 5.51. The molecule has 0 unspecified atom stereocenters. The van der Waals surface area contributed by atoms with Crippen molar-refractivity contribution in [3.8, 4) is 0 Å². The molecule has 78 valence electrons. The van der Waals surface area contributed by atoms with Gasteiger partial charge in [0.1, 0.15) is 0 Å². The molecular weight excluding hydrogens is 172 g/mol. The quantitative estimate of drug-likeness (QED) is 0.677. The fourth-order valence-corrected chi connectivity index (χ4v) is 1.60. The molecule has 0 saturated carbocycles. The van der Waals surface area contributed by atoms with E-state index in [1.54, 1.807) is 0 Å². The Kier molecular flexibility index (Phi) is 3.96. The predicted octanol–water partition coefficient (Wildman–Crippen LogP) is 2.69. The van der Waals surface area contributed by atoms with Crippen molar-refractivity contribution in [2.45, 2.75) is 20.3 Å². The zero-order valence-electron chi connectivity index (χ0n) is 9.62. The molecule has 1 rings (SSSR count). The van der Waals surface area contributed by atoms with Gasteiger partial charge in [-0.1, -0.05) is 25.1 Å². The molecule has 0 aromatic heterocycles. The highest BCUT2D eigenvalue weighted by Gasteiger charge is 2.08. The Balaban J connectivity index is 2.93. The van der Waals surface area contributed by atoms with Gasteiger partial charge in [-0.25, -0.2) is 5.01 Å². The number of para-hydroxylation sites is 1. The zero-order chi connectivity index (χ0) is 10.6. The molecular formula is C12H20N2. The van der Waals surface area contributed by atoms with E-state index in [-0.39, 0.29) is 0 Å². The summed E-state index contributed by atoms with van der Waals surface area (Å²) in [7, 11) is 4.17. The molecule has 1 aromatic rings. The van der Waals surface area contributed by atoms with Crippen molar-refractivity contribution < 1.29 is 0 Å². The molecule has 0 aliphatic rings. The van der Waals surface area contributed by atoms with Crippen LogP contribution in [0.15, 0.2) is 24.3 Å². The van der Waals surface area contributed by atoms with Crippen molar-refractivity contribution in [2.75, 3.05) is 25.6 Å². The van der Waals surface area contributed by atoms with Crippen molar-refractivity contribution in [2.24, 2.45) is 0 Å². The number of hydrogen-bond donors (Lipinski definition) is 0. The van der Waals surface area contributed by atoms with Crippen molar-refractivity contribution in [3.05, 3.63) is 29.8 Å². The van der Waals surface area contributed by atoms with E-state index in [1.165, 1.54) is 11.3 Å². The van der Waals surface area contributed by atoms with Gasteiger partial charge in [0.15, 0.2) is 0 Å². The average Bonchev–Trinajstić information content (AvgIpc) is 2.15. The van der Waals surface area contributed by atoms with Crippen molar-refractivity contribution >= 4 is 5.69 Å². The topological polar surface area (TPSA) is 6.48 Å². The lowest BCUT2D eigenvalue weighted by Gasteiger charge is -2.31. The molecule has 14 heavy (non-hydrogen) atoms. The number of hydrazine groups is 1. The first-order valence-electron chi connectivity index (χ1n) is 5.17. The van der Waals surface area contributed by atoms with Gasteiger partial charge in [-0.15, -0.1) is 0 Å². The van der Waals surface area contributed by atoms with Crippen molar-refractivity contribution in [1.82, 2.24) is 5.01 Å². The minimum atomic E-state index is 1.07. The van der Waals surface area contributed by atoms with Gasteiger partial charge in [0.2, 0.25) is 0 Å². The first-order chi connectivity index (χ1) is 6.66. The average molecular weight is 192 g/mol. The van der Waals surface area contributed by atoms with Crippen LogP contribution in [-0.2, 0) is 0 Å². The Morgan fingerprint density at radius 2 is 1.79 bits per heavy atom. The second-order valence-electron chi connectivity index (χ2n) is 3.76. The van der Waals surface area contributed by atoms with Crippen LogP contribution in [0.1, 0.15) is 18.9 Å². The predicted molar refractivity (Wildman–Crippen MR) is 62.5 cm³/mol. The van der Waals surface area contributed by atoms with Crippen LogP contribution in [0, 0.1) is 6.92 Å². The minimum absolute atomic E-state index is 1.07. The third kappa shape index (κ3) is 2.48. The third-order valence-electron chi connectivity index (χ3n) is 2.31. The molecule has 2 heteroatoms. The minimum Gasteiger partial charge on any atom is -0.306 e. The van der Waals surface area contributed by atoms with Gasteiger partial charge in [0.05, 0.1) is 5.69 Å². The van der Waals surface area contributed by atoms with Crippen LogP contribution in [-0.4, -0.2) is 25.6 Å². The number of benzene rings is 1. The monoisotopic (exact) mass is 192 g/mol. The first kappa shape index (κ1) is 11.1. The van der Waals surface area contributed by atoms with Gasteiger partial charge < -0.3 is 5.01 Å². The smallest absolute Gasteiger partial charge is 0.0551 e. The Morgan fingerprint density at radius 3 is 2.29 bits per heavy atom. The Hall–Kier alpha value is -1.02. The molecule has 0 amide bonds. The fourth-order valence-electron chi connectivity index (χ4n) is 1.60. The van der Waals surface area contributed by atoms with E-state index in [4.69, 9.17) is 0 Å². The summed E-state index contributed by atoms with van der Waals surface area (Å²) < 4.78 is 0. The maximum atomic E-state index is 2.30. The van der Waals surface area contributed by atoms with Crippen LogP contribution in [0.4, 0.5) is 5.69 Å². The number of hydrogen-bond acceptors (Lipinski definition) is 2. The van der Waals surface area contributed by atoms with E-state index >= 15 is 0 Å². The SMILES string of the molecule is CCCN(c1ccccc1C)N(C)C. The molecule has 0 aliphatic carbocycles. The Labute approximate surface area is 87.1 Å². The molecule has 1 aromatic carbocycles. The van der Waals surface area contributed by atoms with E-state index in [0.717, 1.165) is 13.0 Å². The molecule has 0 radical (unpaired) electrons. The van der Waals surface area contributed by atoms with Gasteiger partial charge in [-0.05, 0) is 25.0 Å². The molecule has 0 spiro atoms. The number of nitrogens with zero attached hydrogens (tertiary/aromatic N) is 2. The summed E-state index contributed by atoms with van der Waals surface area (Å²) in [5.41, 5.74) is 2.63. The van der Waals surface area contributed by atoms with Crippen LogP contribution in [0.3, 0.4) is 0 Å². The van der Waals surface area contributed by atoms with Gasteiger partial charge in [-0.2, -0.15) is 0 Å². The van der Waals surface area contributed by atoms with Crippen LogP contribution in [0.25, 0.3) is 0 Å². The Morgan fingerprint density at radius 1 is 1.14 bits per heavy atom. The summed E-state index contributed by atoms with van der Waals surface area (Å²) in [6.07, 6.45) is 1.16. The molecule has 0 fully saturated rings. The molecule has 0 aliphatic heterocycles. The largest absolute Gasteiger partial charge is 0.306 e. The molecule has 2 nitrogen and oxygen atoms in total. The maximum absolute atomic E-state index is 2.30. The maximum Gasteiger partial charge on any atom is 0.0551 e. The lowest BCUT2D eigenvalue weighted by molar-refractivity contribution is 0.368. The molecule has 0 bridgehead atoms. The molecule has 0 atom stereocenters. The molecule has 0 N–H and O–H groups in total. The van der Waals surface area contributed by atoms with Gasteiger partial charge in [0.25, 0.3) is 0 Å². The standard InChI is InChI=1S/C12H20N2/c1-5-10-14(13(3)4)12-9-7-6-8-11(12)2/h6-9H,5,10H2,1-4H3. The fraction of sp³-hybridized carbons (Fsp3) is 0.500. The van der Waals surface area contributed by atoms with Gasteiger partial charge >= 0.3 is 0 Å². The van der Waals surface area contributed by atoms with Crippen molar-refractivity contribution in [1.29, 1.82) is 0 Å². The highest BCUT2D eigenvalue weighted by atomic mass is 15.6. The van der Waals surface area contributed by atoms with Crippen LogP contribution >= 0.6 is 0 Å². The van der Waals surface area contributed by atoms with Gasteiger partial charge in [-0.3, -0.25) is 0 Å². The first-order valence-corrected chi connectivity index (χ1v) is 5.17. The summed E-state index contributed by atoms with van der Waals surface area (Å²) >= 11 is 0. The lowest BCUT2D eigenvalue weighted by atomic mass is 10.2. The Bertz CT molecular complexity index is 281. The summed E-state index contributed by atoms with van der Waals surface area (Å²) in [5, 5.41) is 4.45.